The lowest BCUT2D eigenvalue weighted by molar-refractivity contribution is -0.157. The van der Waals surface area contributed by atoms with Gasteiger partial charge in [0.05, 0.1) is 11.6 Å². The molecule has 5 atom stereocenters. The van der Waals surface area contributed by atoms with Crippen LogP contribution < -0.4 is 22.1 Å². The Morgan fingerprint density at radius 1 is 1.14 bits per heavy atom. The van der Waals surface area contributed by atoms with Crippen molar-refractivity contribution >= 4 is 35.2 Å². The number of anilines is 1. The molecular weight excluding hydrogens is 457 g/mol. The lowest BCUT2D eigenvalue weighted by Gasteiger charge is -2.44. The minimum atomic E-state index is -1.85. The van der Waals surface area contributed by atoms with E-state index in [1.807, 2.05) is 0 Å². The Balaban J connectivity index is 1.72. The first kappa shape index (κ1) is 24.6. The SMILES string of the molecule is NC(=O)[C@@H](C[C@@H]1CCCNC1=O)C1(C(N)=O)C2CCCC2CN1C(=O)C(=O)Nc1ccccc1F. The molecule has 10 nitrogen and oxygen atoms in total. The molecule has 0 radical (unpaired) electrons. The van der Waals surface area contributed by atoms with E-state index in [4.69, 9.17) is 11.5 Å². The van der Waals surface area contributed by atoms with Gasteiger partial charge in [-0.1, -0.05) is 18.6 Å². The highest BCUT2D eigenvalue weighted by molar-refractivity contribution is 6.40. The third kappa shape index (κ3) is 4.23. The Morgan fingerprint density at radius 3 is 2.54 bits per heavy atom. The van der Waals surface area contributed by atoms with Crippen LogP contribution in [0.25, 0.3) is 0 Å². The number of fused-ring (bicyclic) bond motifs is 1. The summed E-state index contributed by atoms with van der Waals surface area (Å²) < 4.78 is 14.1. The zero-order valence-electron chi connectivity index (χ0n) is 19.3. The van der Waals surface area contributed by atoms with Crippen LogP contribution in [-0.4, -0.2) is 53.1 Å². The highest BCUT2D eigenvalue weighted by Crippen LogP contribution is 2.53. The lowest BCUT2D eigenvalue weighted by Crippen LogP contribution is -2.67. The van der Waals surface area contributed by atoms with Gasteiger partial charge in [0.1, 0.15) is 11.4 Å². The molecule has 1 saturated carbocycles. The summed E-state index contributed by atoms with van der Waals surface area (Å²) in [6.07, 6.45) is 3.11. The summed E-state index contributed by atoms with van der Waals surface area (Å²) in [7, 11) is 0. The molecule has 3 aliphatic rings. The van der Waals surface area contributed by atoms with E-state index in [0.29, 0.717) is 32.2 Å². The van der Waals surface area contributed by atoms with Crippen LogP contribution in [0.1, 0.15) is 38.5 Å². The average Bonchev–Trinajstić information content (AvgIpc) is 3.40. The lowest BCUT2D eigenvalue weighted by atomic mass is 9.67. The average molecular weight is 488 g/mol. The predicted octanol–water partition coefficient (Wildman–Crippen LogP) is 0.265. The zero-order chi connectivity index (χ0) is 25.3. The molecule has 1 aromatic rings. The predicted molar refractivity (Wildman–Crippen MR) is 123 cm³/mol. The van der Waals surface area contributed by atoms with E-state index in [1.165, 1.54) is 18.2 Å². The molecule has 0 aromatic heterocycles. The van der Waals surface area contributed by atoms with Crippen LogP contribution in [0.15, 0.2) is 24.3 Å². The number of carbonyl (C=O) groups excluding carboxylic acids is 5. The fraction of sp³-hybridized carbons (Fsp3) is 0.542. The van der Waals surface area contributed by atoms with Crippen molar-refractivity contribution in [2.75, 3.05) is 18.4 Å². The van der Waals surface area contributed by atoms with Crippen LogP contribution in [0.3, 0.4) is 0 Å². The molecule has 2 heterocycles. The number of likely N-dealkylation sites (tertiary alicyclic amines) is 1. The van der Waals surface area contributed by atoms with Crippen LogP contribution in [0.2, 0.25) is 0 Å². The van der Waals surface area contributed by atoms with Gasteiger partial charge < -0.3 is 27.0 Å². The third-order valence-corrected chi connectivity index (χ3v) is 7.84. The van der Waals surface area contributed by atoms with Gasteiger partial charge in [0, 0.05) is 19.0 Å². The quantitative estimate of drug-likeness (QED) is 0.422. The Hall–Kier alpha value is -3.50. The summed E-state index contributed by atoms with van der Waals surface area (Å²) in [4.78, 5) is 65.9. The van der Waals surface area contributed by atoms with Crippen molar-refractivity contribution in [3.8, 4) is 0 Å². The van der Waals surface area contributed by atoms with Crippen LogP contribution in [0, 0.1) is 29.5 Å². The monoisotopic (exact) mass is 487 g/mol. The van der Waals surface area contributed by atoms with Crippen molar-refractivity contribution < 1.29 is 28.4 Å². The van der Waals surface area contributed by atoms with Crippen molar-refractivity contribution in [2.24, 2.45) is 35.1 Å². The maximum atomic E-state index is 14.1. The van der Waals surface area contributed by atoms with Crippen molar-refractivity contribution in [2.45, 2.75) is 44.1 Å². The van der Waals surface area contributed by atoms with E-state index in [0.717, 1.165) is 17.4 Å². The highest BCUT2D eigenvalue weighted by atomic mass is 19.1. The van der Waals surface area contributed by atoms with E-state index in [9.17, 15) is 28.4 Å². The summed E-state index contributed by atoms with van der Waals surface area (Å²) in [5.41, 5.74) is 9.69. The number of nitrogens with two attached hydrogens (primary N) is 2. The van der Waals surface area contributed by atoms with Gasteiger partial charge in [0.25, 0.3) is 0 Å². The Bertz CT molecular complexity index is 1060. The molecule has 5 amide bonds. The number of amides is 5. The first-order chi connectivity index (χ1) is 16.7. The van der Waals surface area contributed by atoms with Crippen molar-refractivity contribution in [1.29, 1.82) is 0 Å². The summed E-state index contributed by atoms with van der Waals surface area (Å²) >= 11 is 0. The Kier molecular flexibility index (Phi) is 6.77. The maximum absolute atomic E-state index is 14.1. The smallest absolute Gasteiger partial charge is 0.314 e. The fourth-order valence-electron chi connectivity index (χ4n) is 6.32. The summed E-state index contributed by atoms with van der Waals surface area (Å²) in [6.45, 7) is 0.556. The number of nitrogens with one attached hydrogen (secondary N) is 2. The number of benzene rings is 1. The standard InChI is InChI=1S/C24H30FN5O5/c25-17-8-1-2-9-18(17)29-21(33)22(34)30-12-14-5-3-7-15(14)24(30,23(27)35)16(19(26)31)11-13-6-4-10-28-20(13)32/h1-2,8-9,13-16H,3-7,10-12H2,(H2,26,31)(H2,27,35)(H,28,32)(H,29,33)/t13-,14?,15?,16+,24?/m0/s1. The number of para-hydroxylation sites is 1. The summed E-state index contributed by atoms with van der Waals surface area (Å²) in [6, 6.07) is 5.36. The number of hydrogen-bond donors (Lipinski definition) is 4. The molecule has 1 aromatic carbocycles. The number of primary amides is 2. The molecule has 2 saturated heterocycles. The van der Waals surface area contributed by atoms with Gasteiger partial charge in [-0.3, -0.25) is 24.0 Å². The molecule has 0 spiro atoms. The van der Waals surface area contributed by atoms with Crippen molar-refractivity contribution in [3.63, 3.8) is 0 Å². The maximum Gasteiger partial charge on any atom is 0.314 e. The first-order valence-corrected chi connectivity index (χ1v) is 11.9. The molecule has 4 rings (SSSR count). The zero-order valence-corrected chi connectivity index (χ0v) is 19.3. The number of piperidine rings is 1. The van der Waals surface area contributed by atoms with Crippen LogP contribution in [0.5, 0.6) is 0 Å². The number of nitrogens with zero attached hydrogens (tertiary/aromatic N) is 1. The molecule has 1 aliphatic carbocycles. The van der Waals surface area contributed by atoms with E-state index >= 15 is 0 Å². The van der Waals surface area contributed by atoms with E-state index in [2.05, 4.69) is 10.6 Å². The molecule has 6 N–H and O–H groups in total. The minimum absolute atomic E-state index is 0.0395. The molecule has 3 unspecified atom stereocenters. The summed E-state index contributed by atoms with van der Waals surface area (Å²) in [5.74, 6) is -7.50. The number of carbonyl (C=O) groups is 5. The van der Waals surface area contributed by atoms with Gasteiger partial charge in [0.2, 0.25) is 17.7 Å². The molecule has 188 valence electrons. The first-order valence-electron chi connectivity index (χ1n) is 11.9. The summed E-state index contributed by atoms with van der Waals surface area (Å²) in [5, 5.41) is 5.00. The van der Waals surface area contributed by atoms with Gasteiger partial charge in [-0.05, 0) is 56.1 Å². The molecular formula is C24H30FN5O5. The molecule has 3 fully saturated rings. The van der Waals surface area contributed by atoms with E-state index in [1.54, 1.807) is 0 Å². The van der Waals surface area contributed by atoms with Crippen LogP contribution in [-0.2, 0) is 24.0 Å². The second kappa shape index (κ2) is 9.63. The topological polar surface area (TPSA) is 165 Å². The Morgan fingerprint density at radius 2 is 1.89 bits per heavy atom. The number of halogens is 1. The second-order valence-corrected chi connectivity index (χ2v) is 9.66. The number of hydrogen-bond acceptors (Lipinski definition) is 5. The van der Waals surface area contributed by atoms with Gasteiger partial charge in [-0.25, -0.2) is 4.39 Å². The second-order valence-electron chi connectivity index (χ2n) is 9.66. The van der Waals surface area contributed by atoms with Gasteiger partial charge >= 0.3 is 11.8 Å². The molecule has 11 heteroatoms. The highest BCUT2D eigenvalue weighted by Gasteiger charge is 2.66. The van der Waals surface area contributed by atoms with E-state index < -0.39 is 52.7 Å². The number of rotatable bonds is 6. The largest absolute Gasteiger partial charge is 0.369 e. The van der Waals surface area contributed by atoms with Crippen molar-refractivity contribution in [1.82, 2.24) is 10.2 Å². The van der Waals surface area contributed by atoms with Crippen LogP contribution >= 0.6 is 0 Å². The van der Waals surface area contributed by atoms with Gasteiger partial charge in [0.15, 0.2) is 0 Å². The molecule has 2 aliphatic heterocycles. The van der Waals surface area contributed by atoms with E-state index in [-0.39, 0.29) is 30.5 Å². The minimum Gasteiger partial charge on any atom is -0.369 e. The molecule has 0 bridgehead atoms. The van der Waals surface area contributed by atoms with Crippen LogP contribution in [0.4, 0.5) is 10.1 Å². The molecule has 35 heavy (non-hydrogen) atoms. The van der Waals surface area contributed by atoms with Gasteiger partial charge in [-0.15, -0.1) is 0 Å². The normalized spacial score (nSPS) is 28.7. The Labute approximate surface area is 201 Å². The fourth-order valence-corrected chi connectivity index (χ4v) is 6.32. The van der Waals surface area contributed by atoms with Gasteiger partial charge in [-0.2, -0.15) is 0 Å². The third-order valence-electron chi connectivity index (χ3n) is 7.84. The van der Waals surface area contributed by atoms with Crippen molar-refractivity contribution in [3.05, 3.63) is 30.1 Å².